The van der Waals surface area contributed by atoms with Crippen molar-refractivity contribution in [3.05, 3.63) is 101 Å². The molecular weight excluding hydrogens is 519 g/mol. The highest BCUT2D eigenvalue weighted by atomic mass is 35.5. The number of sulfonamides is 1. The van der Waals surface area contributed by atoms with E-state index in [0.29, 0.717) is 5.75 Å². The molecule has 0 atom stereocenters. The fourth-order valence-electron chi connectivity index (χ4n) is 3.60. The van der Waals surface area contributed by atoms with E-state index in [-0.39, 0.29) is 33.8 Å². The lowest BCUT2D eigenvalue weighted by atomic mass is 10.1. The molecule has 6 nitrogen and oxygen atoms in total. The Morgan fingerprint density at radius 1 is 0.889 bits per heavy atom. The van der Waals surface area contributed by atoms with Crippen LogP contribution in [-0.4, -0.2) is 34.0 Å². The van der Waals surface area contributed by atoms with E-state index in [1.165, 1.54) is 30.3 Å². The molecule has 1 amide bonds. The summed E-state index contributed by atoms with van der Waals surface area (Å²) in [6.45, 7) is 1.84. The van der Waals surface area contributed by atoms with E-state index in [2.05, 4.69) is 5.32 Å². The van der Waals surface area contributed by atoms with Crippen molar-refractivity contribution in [1.29, 1.82) is 0 Å². The third-order valence-electron chi connectivity index (χ3n) is 5.50. The lowest BCUT2D eigenvalue weighted by molar-refractivity contribution is -0.119. The Balaban J connectivity index is 1.44. The van der Waals surface area contributed by atoms with Gasteiger partial charge < -0.3 is 10.1 Å². The van der Waals surface area contributed by atoms with Gasteiger partial charge in [0.2, 0.25) is 5.91 Å². The molecule has 0 fully saturated rings. The number of carbonyl (C=O) groups is 1. The highest BCUT2D eigenvalue weighted by molar-refractivity contribution is 7.92. The van der Waals surface area contributed by atoms with Crippen LogP contribution in [0.1, 0.15) is 5.56 Å². The van der Waals surface area contributed by atoms with Gasteiger partial charge in [0, 0.05) is 0 Å². The van der Waals surface area contributed by atoms with E-state index < -0.39 is 22.5 Å². The van der Waals surface area contributed by atoms with Gasteiger partial charge in [-0.25, -0.2) is 8.42 Å². The summed E-state index contributed by atoms with van der Waals surface area (Å²) < 4.78 is 33.7. The van der Waals surface area contributed by atoms with Gasteiger partial charge in [0.25, 0.3) is 10.0 Å². The van der Waals surface area contributed by atoms with Crippen LogP contribution in [0.15, 0.2) is 89.8 Å². The van der Waals surface area contributed by atoms with Gasteiger partial charge in [-0.1, -0.05) is 71.2 Å². The number of nitrogens with one attached hydrogen (secondary N) is 1. The van der Waals surface area contributed by atoms with Gasteiger partial charge in [0.05, 0.1) is 27.2 Å². The Morgan fingerprint density at radius 3 is 2.33 bits per heavy atom. The molecule has 0 unspecified atom stereocenters. The Kier molecular flexibility index (Phi) is 8.04. The van der Waals surface area contributed by atoms with Crippen molar-refractivity contribution in [1.82, 2.24) is 5.32 Å². The molecule has 9 heteroatoms. The zero-order chi connectivity index (χ0) is 25.7. The second-order valence-corrected chi connectivity index (χ2v) is 10.8. The fraction of sp³-hybridized carbons (Fsp3) is 0.148. The van der Waals surface area contributed by atoms with Crippen LogP contribution in [0.25, 0.3) is 10.8 Å². The quantitative estimate of drug-likeness (QED) is 0.269. The van der Waals surface area contributed by atoms with E-state index in [1.807, 2.05) is 49.4 Å². The zero-order valence-corrected chi connectivity index (χ0v) is 21.8. The van der Waals surface area contributed by atoms with E-state index >= 15 is 0 Å². The summed E-state index contributed by atoms with van der Waals surface area (Å²) >= 11 is 12.2. The number of nitrogens with zero attached hydrogens (tertiary/aromatic N) is 1. The van der Waals surface area contributed by atoms with Crippen LogP contribution >= 0.6 is 23.2 Å². The molecule has 36 heavy (non-hydrogen) atoms. The first-order chi connectivity index (χ1) is 17.2. The van der Waals surface area contributed by atoms with Crippen LogP contribution in [0.2, 0.25) is 10.0 Å². The average molecular weight is 543 g/mol. The van der Waals surface area contributed by atoms with Crippen molar-refractivity contribution in [3.8, 4) is 5.75 Å². The molecule has 0 heterocycles. The molecule has 1 N–H and O–H groups in total. The average Bonchev–Trinajstić information content (AvgIpc) is 2.87. The minimum atomic E-state index is -4.05. The molecule has 0 saturated heterocycles. The number of aryl methyl sites for hydroxylation is 1. The van der Waals surface area contributed by atoms with Crippen LogP contribution in [0.3, 0.4) is 0 Å². The van der Waals surface area contributed by atoms with Crippen LogP contribution in [0.4, 0.5) is 5.69 Å². The smallest absolute Gasteiger partial charge is 0.264 e. The Bertz CT molecular complexity index is 1490. The molecule has 0 aliphatic heterocycles. The predicted octanol–water partition coefficient (Wildman–Crippen LogP) is 5.85. The molecule has 0 radical (unpaired) electrons. The van der Waals surface area contributed by atoms with Crippen molar-refractivity contribution >= 4 is 55.6 Å². The lowest BCUT2D eigenvalue weighted by Crippen LogP contribution is -2.42. The van der Waals surface area contributed by atoms with Crippen LogP contribution in [0, 0.1) is 6.92 Å². The predicted molar refractivity (Wildman–Crippen MR) is 145 cm³/mol. The standard InChI is InChI=1S/C27H24Cl2N2O4S/c1-19-6-11-24(12-7-19)36(33,34)31(22-9-13-25(28)26(29)17-22)18-27(32)30-14-15-35-23-10-8-20-4-2-3-5-21(20)16-23/h2-13,16-17H,14-15,18H2,1H3,(H,30,32). The van der Waals surface area contributed by atoms with Gasteiger partial charge in [-0.3, -0.25) is 9.10 Å². The monoisotopic (exact) mass is 542 g/mol. The molecule has 4 aromatic carbocycles. The van der Waals surface area contributed by atoms with Crippen molar-refractivity contribution in [3.63, 3.8) is 0 Å². The molecular formula is C27H24Cl2N2O4S. The number of benzene rings is 4. The van der Waals surface area contributed by atoms with Crippen molar-refractivity contribution < 1.29 is 17.9 Å². The molecule has 186 valence electrons. The molecule has 4 aromatic rings. The number of halogens is 2. The largest absolute Gasteiger partial charge is 0.492 e. The maximum absolute atomic E-state index is 13.4. The van der Waals surface area contributed by atoms with E-state index in [9.17, 15) is 13.2 Å². The summed E-state index contributed by atoms with van der Waals surface area (Å²) in [4.78, 5) is 12.8. The number of hydrogen-bond acceptors (Lipinski definition) is 4. The first-order valence-corrected chi connectivity index (χ1v) is 13.4. The number of amides is 1. The molecule has 0 spiro atoms. The number of carbonyl (C=O) groups excluding carboxylic acids is 1. The first-order valence-electron chi connectivity index (χ1n) is 11.2. The van der Waals surface area contributed by atoms with Crippen LogP contribution < -0.4 is 14.4 Å². The summed E-state index contributed by atoms with van der Waals surface area (Å²) in [5.41, 5.74) is 1.15. The molecule has 0 bridgehead atoms. The SMILES string of the molecule is Cc1ccc(S(=O)(=O)N(CC(=O)NCCOc2ccc3ccccc3c2)c2ccc(Cl)c(Cl)c2)cc1. The third kappa shape index (κ3) is 6.10. The lowest BCUT2D eigenvalue weighted by Gasteiger charge is -2.24. The Morgan fingerprint density at radius 2 is 1.61 bits per heavy atom. The molecule has 0 aromatic heterocycles. The first kappa shape index (κ1) is 25.8. The maximum Gasteiger partial charge on any atom is 0.264 e. The fourth-order valence-corrected chi connectivity index (χ4v) is 5.30. The summed E-state index contributed by atoms with van der Waals surface area (Å²) in [7, 11) is -4.05. The Hall–Kier alpha value is -3.26. The minimum Gasteiger partial charge on any atom is -0.492 e. The van der Waals surface area contributed by atoms with Gasteiger partial charge in [0.15, 0.2) is 0 Å². The van der Waals surface area contributed by atoms with Gasteiger partial charge in [-0.15, -0.1) is 0 Å². The normalized spacial score (nSPS) is 11.3. The highest BCUT2D eigenvalue weighted by Crippen LogP contribution is 2.30. The molecule has 0 saturated carbocycles. The maximum atomic E-state index is 13.4. The van der Waals surface area contributed by atoms with Crippen LogP contribution in [0.5, 0.6) is 5.75 Å². The van der Waals surface area contributed by atoms with Crippen molar-refractivity contribution in [2.75, 3.05) is 24.0 Å². The number of anilines is 1. The molecule has 0 aliphatic rings. The minimum absolute atomic E-state index is 0.0617. The summed E-state index contributed by atoms with van der Waals surface area (Å²) in [5.74, 6) is 0.196. The van der Waals surface area contributed by atoms with Crippen molar-refractivity contribution in [2.45, 2.75) is 11.8 Å². The van der Waals surface area contributed by atoms with Gasteiger partial charge in [0.1, 0.15) is 18.9 Å². The number of ether oxygens (including phenoxy) is 1. The van der Waals surface area contributed by atoms with E-state index in [1.54, 1.807) is 12.1 Å². The summed E-state index contributed by atoms with van der Waals surface area (Å²) in [6, 6.07) is 24.5. The zero-order valence-electron chi connectivity index (χ0n) is 19.4. The van der Waals surface area contributed by atoms with Crippen LogP contribution in [-0.2, 0) is 14.8 Å². The second-order valence-electron chi connectivity index (χ2n) is 8.13. The third-order valence-corrected chi connectivity index (χ3v) is 8.03. The highest BCUT2D eigenvalue weighted by Gasteiger charge is 2.27. The van der Waals surface area contributed by atoms with E-state index in [0.717, 1.165) is 20.6 Å². The number of hydrogen-bond donors (Lipinski definition) is 1. The van der Waals surface area contributed by atoms with Crippen molar-refractivity contribution in [2.24, 2.45) is 0 Å². The van der Waals surface area contributed by atoms with Gasteiger partial charge in [-0.2, -0.15) is 0 Å². The second kappa shape index (κ2) is 11.2. The summed E-state index contributed by atoms with van der Waals surface area (Å²) in [5, 5.41) is 5.34. The molecule has 4 rings (SSSR count). The number of rotatable bonds is 9. The number of fused-ring (bicyclic) bond motifs is 1. The summed E-state index contributed by atoms with van der Waals surface area (Å²) in [6.07, 6.45) is 0. The van der Waals surface area contributed by atoms with Gasteiger partial charge in [-0.05, 0) is 60.2 Å². The topological polar surface area (TPSA) is 75.7 Å². The molecule has 0 aliphatic carbocycles. The van der Waals surface area contributed by atoms with Gasteiger partial charge >= 0.3 is 0 Å². The Labute approximate surface area is 220 Å². The van der Waals surface area contributed by atoms with E-state index in [4.69, 9.17) is 27.9 Å².